The number of tetrazole rings is 1. The summed E-state index contributed by atoms with van der Waals surface area (Å²) in [6.45, 7) is 1.78. The summed E-state index contributed by atoms with van der Waals surface area (Å²) in [5, 5.41) is 12.6. The summed E-state index contributed by atoms with van der Waals surface area (Å²) in [5.74, 6) is 0.313. The van der Waals surface area contributed by atoms with E-state index in [4.69, 9.17) is 0 Å². The van der Waals surface area contributed by atoms with Crippen molar-refractivity contribution >= 4 is 29.0 Å². The maximum absolute atomic E-state index is 13.5. The molecule has 142 valence electrons. The first kappa shape index (κ1) is 17.6. The van der Waals surface area contributed by atoms with Crippen molar-refractivity contribution in [3.05, 3.63) is 73.1 Å². The molecule has 0 radical (unpaired) electrons. The van der Waals surface area contributed by atoms with Gasteiger partial charge in [-0.1, -0.05) is 36.0 Å². The molecular weight excluding hydrogens is 384 g/mol. The van der Waals surface area contributed by atoms with E-state index in [2.05, 4.69) is 20.4 Å². The van der Waals surface area contributed by atoms with Crippen LogP contribution in [0.3, 0.4) is 0 Å². The summed E-state index contributed by atoms with van der Waals surface area (Å²) < 4.78 is 0. The molecule has 1 aliphatic heterocycles. The van der Waals surface area contributed by atoms with Crippen molar-refractivity contribution in [3.63, 3.8) is 0 Å². The van der Waals surface area contributed by atoms with Gasteiger partial charge in [-0.25, -0.2) is 0 Å². The molecule has 0 bridgehead atoms. The molecule has 1 unspecified atom stereocenters. The van der Waals surface area contributed by atoms with Gasteiger partial charge in [-0.15, -0.1) is 10.2 Å². The maximum atomic E-state index is 13.5. The molecule has 1 amide bonds. The van der Waals surface area contributed by atoms with Crippen molar-refractivity contribution in [1.82, 2.24) is 25.2 Å². The number of hydrogen-bond acceptors (Lipinski definition) is 6. The fourth-order valence-corrected chi connectivity index (χ4v) is 4.29. The lowest BCUT2D eigenvalue weighted by Crippen LogP contribution is -2.35. The Labute approximate surface area is 171 Å². The van der Waals surface area contributed by atoms with Gasteiger partial charge in [-0.05, 0) is 48.5 Å². The minimum Gasteiger partial charge on any atom is -0.277 e. The van der Waals surface area contributed by atoms with Crippen LogP contribution in [0.1, 0.15) is 13.0 Å². The summed E-state index contributed by atoms with van der Waals surface area (Å²) in [7, 11) is 0. The van der Waals surface area contributed by atoms with E-state index >= 15 is 0 Å². The van der Waals surface area contributed by atoms with Gasteiger partial charge in [0.25, 0.3) is 5.91 Å². The number of aromatic nitrogens is 5. The fraction of sp³-hybridized carbons (Fsp3) is 0.0952. The van der Waals surface area contributed by atoms with E-state index in [0.29, 0.717) is 5.82 Å². The van der Waals surface area contributed by atoms with Gasteiger partial charge >= 0.3 is 0 Å². The highest BCUT2D eigenvalue weighted by Gasteiger charge is 2.32. The first-order valence-corrected chi connectivity index (χ1v) is 9.94. The molecule has 0 fully saturated rings. The summed E-state index contributed by atoms with van der Waals surface area (Å²) in [4.78, 5) is 22.8. The number of anilines is 2. The van der Waals surface area contributed by atoms with E-state index in [9.17, 15) is 4.79 Å². The lowest BCUT2D eigenvalue weighted by molar-refractivity contribution is -0.121. The zero-order valence-electron chi connectivity index (χ0n) is 15.5. The van der Waals surface area contributed by atoms with Crippen molar-refractivity contribution in [2.45, 2.75) is 22.8 Å². The van der Waals surface area contributed by atoms with Gasteiger partial charge in [-0.3, -0.25) is 14.7 Å². The average Bonchev–Trinajstić information content (AvgIpc) is 3.27. The Morgan fingerprint density at radius 1 is 0.966 bits per heavy atom. The number of amides is 1. The van der Waals surface area contributed by atoms with Crippen LogP contribution in [-0.4, -0.2) is 31.1 Å². The van der Waals surface area contributed by atoms with Gasteiger partial charge in [0.15, 0.2) is 0 Å². The number of pyridine rings is 1. The van der Waals surface area contributed by atoms with Crippen LogP contribution >= 0.6 is 11.8 Å². The van der Waals surface area contributed by atoms with Crippen LogP contribution in [0.2, 0.25) is 0 Å². The second kappa shape index (κ2) is 7.14. The van der Waals surface area contributed by atoms with Crippen molar-refractivity contribution in [2.75, 3.05) is 4.90 Å². The zero-order chi connectivity index (χ0) is 19.8. The van der Waals surface area contributed by atoms with Crippen LogP contribution in [0.5, 0.6) is 0 Å². The summed E-state index contributed by atoms with van der Waals surface area (Å²) >= 11 is 1.66. The van der Waals surface area contributed by atoms with Crippen molar-refractivity contribution < 1.29 is 4.79 Å². The highest BCUT2D eigenvalue weighted by atomic mass is 32.2. The Morgan fingerprint density at radius 3 is 2.31 bits per heavy atom. The second-order valence-corrected chi connectivity index (χ2v) is 7.65. The minimum absolute atomic E-state index is 0.125. The standard InChI is InChI=1S/C21H16N6OS/c1-14(27-24-20(23-25-27)15-7-6-12-22-13-15)21(28)26-16-8-2-4-10-18(16)29-19-11-5-3-9-17(19)26/h2-14H,1H3. The Hall–Kier alpha value is -3.52. The molecule has 0 saturated heterocycles. The first-order chi connectivity index (χ1) is 14.2. The highest BCUT2D eigenvalue weighted by molar-refractivity contribution is 7.99. The smallest absolute Gasteiger partial charge is 0.258 e. The van der Waals surface area contributed by atoms with E-state index in [1.54, 1.807) is 36.0 Å². The van der Waals surface area contributed by atoms with Crippen LogP contribution < -0.4 is 4.90 Å². The van der Waals surface area contributed by atoms with Crippen molar-refractivity contribution in [2.24, 2.45) is 0 Å². The minimum atomic E-state index is -0.628. The predicted octanol–water partition coefficient (Wildman–Crippen LogP) is 4.13. The lowest BCUT2D eigenvalue weighted by atomic mass is 10.2. The molecule has 0 aliphatic carbocycles. The Morgan fingerprint density at radius 2 is 1.66 bits per heavy atom. The Kier molecular flexibility index (Phi) is 4.33. The molecule has 7 nitrogen and oxygen atoms in total. The monoisotopic (exact) mass is 400 g/mol. The number of carbonyl (C=O) groups excluding carboxylic acids is 1. The van der Waals surface area contributed by atoms with Crippen LogP contribution in [-0.2, 0) is 4.79 Å². The average molecular weight is 400 g/mol. The number of rotatable bonds is 3. The molecular formula is C21H16N6OS. The molecule has 4 aromatic rings. The number of para-hydroxylation sites is 2. The third-order valence-corrected chi connectivity index (χ3v) is 5.83. The molecule has 1 atom stereocenters. The molecule has 5 rings (SSSR count). The number of carbonyl (C=O) groups is 1. The van der Waals surface area contributed by atoms with Gasteiger partial charge in [0.1, 0.15) is 6.04 Å². The van der Waals surface area contributed by atoms with Gasteiger partial charge in [0.05, 0.1) is 11.4 Å². The topological polar surface area (TPSA) is 76.8 Å². The third kappa shape index (κ3) is 3.07. The molecule has 3 heterocycles. The molecule has 1 aliphatic rings. The second-order valence-electron chi connectivity index (χ2n) is 6.56. The van der Waals surface area contributed by atoms with E-state index < -0.39 is 6.04 Å². The summed E-state index contributed by atoms with van der Waals surface area (Å²) in [6, 6.07) is 18.8. The molecule has 29 heavy (non-hydrogen) atoms. The third-order valence-electron chi connectivity index (χ3n) is 4.70. The zero-order valence-corrected chi connectivity index (χ0v) is 16.3. The van der Waals surface area contributed by atoms with Crippen LogP contribution in [0.4, 0.5) is 11.4 Å². The molecule has 8 heteroatoms. The highest BCUT2D eigenvalue weighted by Crippen LogP contribution is 2.48. The van der Waals surface area contributed by atoms with E-state index in [1.165, 1.54) is 4.80 Å². The summed E-state index contributed by atoms with van der Waals surface area (Å²) in [5.41, 5.74) is 2.48. The molecule has 0 spiro atoms. The van der Waals surface area contributed by atoms with Crippen molar-refractivity contribution in [3.8, 4) is 11.4 Å². The molecule has 2 aromatic carbocycles. The number of fused-ring (bicyclic) bond motifs is 2. The van der Waals surface area contributed by atoms with Crippen molar-refractivity contribution in [1.29, 1.82) is 0 Å². The van der Waals surface area contributed by atoms with E-state index in [1.807, 2.05) is 60.7 Å². The van der Waals surface area contributed by atoms with Gasteiger partial charge in [0, 0.05) is 27.7 Å². The van der Waals surface area contributed by atoms with Gasteiger partial charge < -0.3 is 0 Å². The van der Waals surface area contributed by atoms with E-state index in [0.717, 1.165) is 26.7 Å². The number of benzene rings is 2. The van der Waals surface area contributed by atoms with Gasteiger partial charge in [-0.2, -0.15) is 4.80 Å². The summed E-state index contributed by atoms with van der Waals surface area (Å²) in [6.07, 6.45) is 3.35. The SMILES string of the molecule is CC(C(=O)N1c2ccccc2Sc2ccccc21)n1nnc(-c2cccnc2)n1. The van der Waals surface area contributed by atoms with E-state index in [-0.39, 0.29) is 5.91 Å². The van der Waals surface area contributed by atoms with Crippen LogP contribution in [0.25, 0.3) is 11.4 Å². The predicted molar refractivity (Wildman–Crippen MR) is 110 cm³/mol. The maximum Gasteiger partial charge on any atom is 0.258 e. The molecule has 2 aromatic heterocycles. The Bertz CT molecular complexity index is 1150. The fourth-order valence-electron chi connectivity index (χ4n) is 3.23. The van der Waals surface area contributed by atoms with Crippen LogP contribution in [0.15, 0.2) is 82.8 Å². The first-order valence-electron chi connectivity index (χ1n) is 9.12. The number of hydrogen-bond donors (Lipinski definition) is 0. The lowest BCUT2D eigenvalue weighted by Gasteiger charge is -2.32. The molecule has 0 N–H and O–H groups in total. The van der Waals surface area contributed by atoms with Crippen LogP contribution in [0, 0.1) is 0 Å². The normalized spacial score (nSPS) is 13.5. The number of nitrogens with zero attached hydrogens (tertiary/aromatic N) is 6. The quantitative estimate of drug-likeness (QED) is 0.515. The Balaban J connectivity index is 1.52. The molecule has 0 saturated carbocycles. The van der Waals surface area contributed by atoms with Gasteiger partial charge in [0.2, 0.25) is 5.82 Å². The largest absolute Gasteiger partial charge is 0.277 e.